The molecular formula is C11H11BrO. The Kier molecular flexibility index (Phi) is 4.42. The maximum atomic E-state index is 5.16. The summed E-state index contributed by atoms with van der Waals surface area (Å²) in [7, 11) is 1.66. The maximum absolute atomic E-state index is 5.16. The number of hydrogen-bond acceptors (Lipinski definition) is 1. The zero-order chi connectivity index (χ0) is 9.52. The van der Waals surface area contributed by atoms with Crippen molar-refractivity contribution >= 4 is 15.9 Å². The van der Waals surface area contributed by atoms with Gasteiger partial charge in [-0.1, -0.05) is 39.9 Å². The fourth-order valence-electron chi connectivity index (χ4n) is 0.953. The van der Waals surface area contributed by atoms with Gasteiger partial charge in [0.2, 0.25) is 0 Å². The van der Waals surface area contributed by atoms with Crippen molar-refractivity contribution < 1.29 is 4.74 Å². The Labute approximate surface area is 87.2 Å². The van der Waals surface area contributed by atoms with Crippen LogP contribution in [-0.2, 0) is 0 Å². The van der Waals surface area contributed by atoms with Crippen molar-refractivity contribution in [1.29, 1.82) is 0 Å². The minimum Gasteiger partial charge on any atom is -0.495 e. The molecule has 0 aromatic heterocycles. The van der Waals surface area contributed by atoms with Crippen molar-refractivity contribution in [1.82, 2.24) is 0 Å². The first-order chi connectivity index (χ1) is 6.38. The number of halogens is 1. The van der Waals surface area contributed by atoms with E-state index < -0.39 is 0 Å². The maximum Gasteiger partial charge on any atom is 0.134 e. The molecule has 13 heavy (non-hydrogen) atoms. The highest BCUT2D eigenvalue weighted by molar-refractivity contribution is 9.09. The Hall–Kier alpha value is -0.940. The van der Waals surface area contributed by atoms with Gasteiger partial charge in [-0.25, -0.2) is 0 Å². The van der Waals surface area contributed by atoms with Crippen LogP contribution in [0.4, 0.5) is 0 Å². The third kappa shape index (κ3) is 3.12. The third-order valence-electron chi connectivity index (χ3n) is 1.55. The lowest BCUT2D eigenvalue weighted by Gasteiger charge is -2.00. The van der Waals surface area contributed by atoms with Crippen LogP contribution >= 0.6 is 15.9 Å². The van der Waals surface area contributed by atoms with E-state index in [1.54, 1.807) is 7.11 Å². The molecule has 0 atom stereocenters. The summed E-state index contributed by atoms with van der Waals surface area (Å²) in [6.45, 7) is 0. The van der Waals surface area contributed by atoms with Gasteiger partial charge >= 0.3 is 0 Å². The minimum atomic E-state index is 0.838. The average Bonchev–Trinajstić information content (AvgIpc) is 2.19. The zero-order valence-corrected chi connectivity index (χ0v) is 9.10. The highest BCUT2D eigenvalue weighted by atomic mass is 79.9. The molecule has 1 aromatic carbocycles. The molecule has 68 valence electrons. The van der Waals surface area contributed by atoms with E-state index in [0.29, 0.717) is 0 Å². The van der Waals surface area contributed by atoms with Gasteiger partial charge in [0, 0.05) is 11.8 Å². The van der Waals surface area contributed by atoms with E-state index in [2.05, 4.69) is 27.8 Å². The fourth-order valence-corrected chi connectivity index (χ4v) is 1.15. The van der Waals surface area contributed by atoms with Gasteiger partial charge in [-0.2, -0.15) is 0 Å². The van der Waals surface area contributed by atoms with E-state index in [1.807, 2.05) is 24.3 Å². The van der Waals surface area contributed by atoms with Crippen molar-refractivity contribution in [3.8, 4) is 17.6 Å². The second-order valence-corrected chi connectivity index (χ2v) is 3.23. The van der Waals surface area contributed by atoms with Gasteiger partial charge in [0.15, 0.2) is 0 Å². The summed E-state index contributed by atoms with van der Waals surface area (Å²) >= 11 is 3.32. The van der Waals surface area contributed by atoms with E-state index in [1.165, 1.54) is 0 Å². The molecule has 1 aromatic rings. The normalized spacial score (nSPS) is 8.77. The molecule has 0 amide bonds. The van der Waals surface area contributed by atoms with E-state index in [-0.39, 0.29) is 0 Å². The Bertz CT molecular complexity index is 322. The summed E-state index contributed by atoms with van der Waals surface area (Å²) in [6, 6.07) is 7.77. The lowest BCUT2D eigenvalue weighted by molar-refractivity contribution is 0.413. The molecular weight excluding hydrogens is 228 g/mol. The van der Waals surface area contributed by atoms with Gasteiger partial charge in [-0.3, -0.25) is 0 Å². The summed E-state index contributed by atoms with van der Waals surface area (Å²) in [5.74, 6) is 6.95. The molecule has 0 N–H and O–H groups in total. The van der Waals surface area contributed by atoms with Crippen molar-refractivity contribution in [2.24, 2.45) is 0 Å². The largest absolute Gasteiger partial charge is 0.495 e. The van der Waals surface area contributed by atoms with Gasteiger partial charge in [0.1, 0.15) is 5.75 Å². The van der Waals surface area contributed by atoms with Crippen molar-refractivity contribution in [3.05, 3.63) is 29.8 Å². The summed E-state index contributed by atoms with van der Waals surface area (Å²) in [6.07, 6.45) is 0.859. The first-order valence-corrected chi connectivity index (χ1v) is 5.18. The summed E-state index contributed by atoms with van der Waals surface area (Å²) < 4.78 is 5.16. The monoisotopic (exact) mass is 238 g/mol. The smallest absolute Gasteiger partial charge is 0.134 e. The van der Waals surface area contributed by atoms with Crippen LogP contribution < -0.4 is 4.74 Å². The Morgan fingerprint density at radius 2 is 2.15 bits per heavy atom. The van der Waals surface area contributed by atoms with Gasteiger partial charge in [-0.15, -0.1) is 0 Å². The Morgan fingerprint density at radius 3 is 2.85 bits per heavy atom. The molecule has 0 spiro atoms. The predicted octanol–water partition coefficient (Wildman–Crippen LogP) is 2.83. The van der Waals surface area contributed by atoms with Gasteiger partial charge in [-0.05, 0) is 12.1 Å². The molecule has 0 saturated heterocycles. The van der Waals surface area contributed by atoms with E-state index in [9.17, 15) is 0 Å². The van der Waals surface area contributed by atoms with E-state index in [0.717, 1.165) is 23.1 Å². The predicted molar refractivity (Wildman–Crippen MR) is 58.3 cm³/mol. The Morgan fingerprint density at radius 1 is 1.38 bits per heavy atom. The van der Waals surface area contributed by atoms with E-state index >= 15 is 0 Å². The van der Waals surface area contributed by atoms with Crippen LogP contribution in [0.15, 0.2) is 24.3 Å². The molecule has 0 aliphatic rings. The van der Waals surface area contributed by atoms with Crippen LogP contribution in [0.1, 0.15) is 12.0 Å². The molecule has 0 heterocycles. The molecule has 0 unspecified atom stereocenters. The van der Waals surface area contributed by atoms with E-state index in [4.69, 9.17) is 4.74 Å². The molecule has 0 radical (unpaired) electrons. The van der Waals surface area contributed by atoms with Crippen LogP contribution in [0.3, 0.4) is 0 Å². The number of benzene rings is 1. The summed E-state index contributed by atoms with van der Waals surface area (Å²) in [5, 5.41) is 0.912. The molecule has 1 rings (SSSR count). The van der Waals surface area contributed by atoms with Gasteiger partial charge in [0.05, 0.1) is 12.7 Å². The molecule has 0 fully saturated rings. The van der Waals surface area contributed by atoms with Crippen molar-refractivity contribution in [2.45, 2.75) is 6.42 Å². The number of hydrogen-bond donors (Lipinski definition) is 0. The fraction of sp³-hybridized carbons (Fsp3) is 0.273. The van der Waals surface area contributed by atoms with Crippen LogP contribution in [0.25, 0.3) is 0 Å². The Balaban J connectivity index is 2.82. The molecule has 2 heteroatoms. The van der Waals surface area contributed by atoms with Crippen molar-refractivity contribution in [2.75, 3.05) is 12.4 Å². The molecule has 0 saturated carbocycles. The van der Waals surface area contributed by atoms with Crippen LogP contribution in [0, 0.1) is 11.8 Å². The van der Waals surface area contributed by atoms with Crippen LogP contribution in [0.2, 0.25) is 0 Å². The SMILES string of the molecule is COc1ccccc1C#CCCBr. The topological polar surface area (TPSA) is 9.23 Å². The molecule has 0 aliphatic carbocycles. The zero-order valence-electron chi connectivity index (χ0n) is 7.51. The summed E-state index contributed by atoms with van der Waals surface area (Å²) in [5.41, 5.74) is 0.950. The quantitative estimate of drug-likeness (QED) is 0.569. The number of para-hydroxylation sites is 1. The standard InChI is InChI=1S/C11H11BrO/c1-13-11-8-3-2-6-10(11)7-4-5-9-12/h2-3,6,8H,5,9H2,1H3. The highest BCUT2D eigenvalue weighted by Gasteiger charge is 1.95. The average molecular weight is 239 g/mol. The van der Waals surface area contributed by atoms with Crippen molar-refractivity contribution in [3.63, 3.8) is 0 Å². The van der Waals surface area contributed by atoms with Crippen LogP contribution in [-0.4, -0.2) is 12.4 Å². The van der Waals surface area contributed by atoms with Gasteiger partial charge < -0.3 is 4.74 Å². The highest BCUT2D eigenvalue weighted by Crippen LogP contribution is 2.15. The minimum absolute atomic E-state index is 0.838. The number of alkyl halides is 1. The first-order valence-electron chi connectivity index (χ1n) is 4.06. The van der Waals surface area contributed by atoms with Gasteiger partial charge in [0.25, 0.3) is 0 Å². The molecule has 1 nitrogen and oxygen atoms in total. The molecule has 0 aliphatic heterocycles. The number of ether oxygens (including phenoxy) is 1. The third-order valence-corrected chi connectivity index (χ3v) is 1.95. The first kappa shape index (κ1) is 10.1. The number of methoxy groups -OCH3 is 1. The second-order valence-electron chi connectivity index (χ2n) is 2.44. The lowest BCUT2D eigenvalue weighted by Crippen LogP contribution is -1.86. The number of rotatable bonds is 2. The summed E-state index contributed by atoms with van der Waals surface area (Å²) in [4.78, 5) is 0. The lowest BCUT2D eigenvalue weighted by atomic mass is 10.2. The molecule has 0 bridgehead atoms. The van der Waals surface area contributed by atoms with Crippen LogP contribution in [0.5, 0.6) is 5.75 Å². The second kappa shape index (κ2) is 5.66.